The Balaban J connectivity index is 1.90. The first-order chi connectivity index (χ1) is 14.6. The van der Waals surface area contributed by atoms with Crippen LogP contribution in [0.25, 0.3) is 11.1 Å². The number of rotatable bonds is 8. The lowest BCUT2D eigenvalue weighted by molar-refractivity contribution is 0.0601. The lowest BCUT2D eigenvalue weighted by Gasteiger charge is -2.11. The minimum atomic E-state index is -0.358. The lowest BCUT2D eigenvalue weighted by atomic mass is 9.96. The third kappa shape index (κ3) is 4.85. The van der Waals surface area contributed by atoms with E-state index in [0.717, 1.165) is 53.0 Å². The minimum Gasteiger partial charge on any atom is -0.465 e. The van der Waals surface area contributed by atoms with Crippen LogP contribution in [0.15, 0.2) is 53.3 Å². The zero-order valence-corrected chi connectivity index (χ0v) is 17.8. The number of aryl methyl sites for hydroxylation is 2. The summed E-state index contributed by atoms with van der Waals surface area (Å²) in [6, 6.07) is 15.3. The summed E-state index contributed by atoms with van der Waals surface area (Å²) in [5, 5.41) is 0. The first-order valence-electron chi connectivity index (χ1n) is 10.4. The highest BCUT2D eigenvalue weighted by Crippen LogP contribution is 2.25. The molecule has 0 bridgehead atoms. The monoisotopic (exact) mass is 404 g/mol. The van der Waals surface area contributed by atoms with Crippen molar-refractivity contribution in [1.29, 1.82) is 0 Å². The van der Waals surface area contributed by atoms with Crippen LogP contribution in [-0.2, 0) is 24.0 Å². The molecule has 0 saturated heterocycles. The van der Waals surface area contributed by atoms with Crippen molar-refractivity contribution in [3.63, 3.8) is 0 Å². The number of esters is 1. The van der Waals surface area contributed by atoms with Crippen molar-refractivity contribution in [2.75, 3.05) is 7.11 Å². The number of H-pyrrole nitrogens is 1. The minimum absolute atomic E-state index is 0.0481. The molecule has 0 atom stereocenters. The van der Waals surface area contributed by atoms with Crippen LogP contribution in [0.3, 0.4) is 0 Å². The normalized spacial score (nSPS) is 10.8. The van der Waals surface area contributed by atoms with E-state index in [-0.39, 0.29) is 11.5 Å². The Bertz CT molecular complexity index is 1070. The van der Waals surface area contributed by atoms with E-state index < -0.39 is 0 Å². The van der Waals surface area contributed by atoms with Crippen LogP contribution in [0, 0.1) is 0 Å². The van der Waals surface area contributed by atoms with Gasteiger partial charge >= 0.3 is 5.97 Å². The van der Waals surface area contributed by atoms with Gasteiger partial charge in [0.2, 0.25) is 0 Å². The maximum Gasteiger partial charge on any atom is 0.338 e. The van der Waals surface area contributed by atoms with Crippen LogP contribution < -0.4 is 5.56 Å². The van der Waals surface area contributed by atoms with Gasteiger partial charge in [0.05, 0.1) is 18.4 Å². The van der Waals surface area contributed by atoms with Gasteiger partial charge in [-0.3, -0.25) is 4.79 Å². The predicted molar refractivity (Wildman–Crippen MR) is 119 cm³/mol. The fourth-order valence-corrected chi connectivity index (χ4v) is 3.53. The zero-order valence-electron chi connectivity index (χ0n) is 17.8. The maximum atomic E-state index is 12.7. The molecule has 0 aliphatic carbocycles. The Labute approximate surface area is 177 Å². The van der Waals surface area contributed by atoms with Gasteiger partial charge in [0.25, 0.3) is 5.56 Å². The third-order valence-electron chi connectivity index (χ3n) is 5.23. The molecule has 0 amide bonds. The number of nitrogens with zero attached hydrogens (tertiary/aromatic N) is 1. The van der Waals surface area contributed by atoms with Crippen LogP contribution in [0.5, 0.6) is 0 Å². The van der Waals surface area contributed by atoms with Crippen molar-refractivity contribution in [3.8, 4) is 11.1 Å². The second kappa shape index (κ2) is 10.0. The van der Waals surface area contributed by atoms with E-state index in [1.54, 1.807) is 6.07 Å². The fraction of sp³-hybridized carbons (Fsp3) is 0.320. The molecular formula is C25H28N2O3. The standard InChI is InChI=1S/C25H28N2O3/c1-4-6-11-22-21(24(28)27-23(5-2)26-22)16-17-12-14-18(15-13-17)19-9-7-8-10-20(19)25(29)30-3/h7-10,12-15H,4-6,11,16H2,1-3H3,(H,26,27,28). The molecule has 156 valence electrons. The van der Waals surface area contributed by atoms with Gasteiger partial charge in [0.1, 0.15) is 5.82 Å². The van der Waals surface area contributed by atoms with Gasteiger partial charge in [0.15, 0.2) is 0 Å². The summed E-state index contributed by atoms with van der Waals surface area (Å²) in [5.41, 5.74) is 4.91. The van der Waals surface area contributed by atoms with E-state index in [1.165, 1.54) is 7.11 Å². The highest BCUT2D eigenvalue weighted by Gasteiger charge is 2.14. The topological polar surface area (TPSA) is 72.0 Å². The summed E-state index contributed by atoms with van der Waals surface area (Å²) in [7, 11) is 1.38. The maximum absolute atomic E-state index is 12.7. The van der Waals surface area contributed by atoms with Crippen molar-refractivity contribution < 1.29 is 9.53 Å². The molecule has 0 unspecified atom stereocenters. The van der Waals surface area contributed by atoms with Crippen molar-refractivity contribution in [2.24, 2.45) is 0 Å². The highest BCUT2D eigenvalue weighted by molar-refractivity contribution is 5.97. The van der Waals surface area contributed by atoms with Gasteiger partial charge in [0, 0.05) is 18.4 Å². The van der Waals surface area contributed by atoms with E-state index in [9.17, 15) is 9.59 Å². The number of aromatic nitrogens is 2. The number of carbonyl (C=O) groups is 1. The number of ether oxygens (including phenoxy) is 1. The summed E-state index contributed by atoms with van der Waals surface area (Å²) in [6.07, 6.45) is 4.13. The van der Waals surface area contributed by atoms with Gasteiger partial charge in [-0.25, -0.2) is 9.78 Å². The lowest BCUT2D eigenvalue weighted by Crippen LogP contribution is -2.20. The van der Waals surface area contributed by atoms with Crippen LogP contribution in [0.1, 0.15) is 59.7 Å². The summed E-state index contributed by atoms with van der Waals surface area (Å²) >= 11 is 0. The second-order valence-electron chi connectivity index (χ2n) is 7.31. The molecule has 1 heterocycles. The van der Waals surface area contributed by atoms with Crippen molar-refractivity contribution in [1.82, 2.24) is 9.97 Å². The number of carbonyl (C=O) groups excluding carboxylic acids is 1. The van der Waals surface area contributed by atoms with Gasteiger partial charge in [-0.05, 0) is 35.6 Å². The molecular weight excluding hydrogens is 376 g/mol. The second-order valence-corrected chi connectivity index (χ2v) is 7.31. The number of unbranched alkanes of at least 4 members (excludes halogenated alkanes) is 1. The quantitative estimate of drug-likeness (QED) is 0.552. The van der Waals surface area contributed by atoms with Crippen LogP contribution >= 0.6 is 0 Å². The van der Waals surface area contributed by atoms with Crippen LogP contribution in [0.4, 0.5) is 0 Å². The van der Waals surface area contributed by atoms with E-state index >= 15 is 0 Å². The summed E-state index contributed by atoms with van der Waals surface area (Å²) in [6.45, 7) is 4.13. The first kappa shape index (κ1) is 21.5. The van der Waals surface area contributed by atoms with Crippen molar-refractivity contribution in [2.45, 2.75) is 46.0 Å². The molecule has 0 saturated carbocycles. The third-order valence-corrected chi connectivity index (χ3v) is 5.23. The predicted octanol–water partition coefficient (Wildman–Crippen LogP) is 4.72. The van der Waals surface area contributed by atoms with Gasteiger partial charge < -0.3 is 9.72 Å². The molecule has 0 aliphatic rings. The Hall–Kier alpha value is -3.21. The summed E-state index contributed by atoms with van der Waals surface area (Å²) in [5.74, 6) is 0.383. The van der Waals surface area contributed by atoms with E-state index in [0.29, 0.717) is 18.4 Å². The number of hydrogen-bond acceptors (Lipinski definition) is 4. The van der Waals surface area contributed by atoms with Crippen molar-refractivity contribution in [3.05, 3.63) is 87.1 Å². The Morgan fingerprint density at radius 3 is 2.47 bits per heavy atom. The summed E-state index contributed by atoms with van der Waals surface area (Å²) < 4.78 is 4.89. The molecule has 0 radical (unpaired) electrons. The number of aromatic amines is 1. The Kier molecular flexibility index (Phi) is 7.17. The molecule has 1 aromatic heterocycles. The Morgan fingerprint density at radius 1 is 1.07 bits per heavy atom. The van der Waals surface area contributed by atoms with Gasteiger partial charge in [-0.15, -0.1) is 0 Å². The van der Waals surface area contributed by atoms with Crippen molar-refractivity contribution >= 4 is 5.97 Å². The number of methoxy groups -OCH3 is 1. The molecule has 5 heteroatoms. The number of benzene rings is 2. The average Bonchev–Trinajstić information content (AvgIpc) is 2.79. The Morgan fingerprint density at radius 2 is 1.80 bits per heavy atom. The molecule has 5 nitrogen and oxygen atoms in total. The molecule has 0 fully saturated rings. The fourth-order valence-electron chi connectivity index (χ4n) is 3.53. The van der Waals surface area contributed by atoms with E-state index in [4.69, 9.17) is 4.74 Å². The first-order valence-corrected chi connectivity index (χ1v) is 10.4. The molecule has 0 aliphatic heterocycles. The van der Waals surface area contributed by atoms with E-state index in [2.05, 4.69) is 16.9 Å². The van der Waals surface area contributed by atoms with Gasteiger partial charge in [-0.2, -0.15) is 0 Å². The SMILES string of the molecule is CCCCc1nc(CC)[nH]c(=O)c1Cc1ccc(-c2ccccc2C(=O)OC)cc1. The summed E-state index contributed by atoms with van der Waals surface area (Å²) in [4.78, 5) is 32.3. The number of hydrogen-bond donors (Lipinski definition) is 1. The average molecular weight is 405 g/mol. The molecule has 3 rings (SSSR count). The molecule has 30 heavy (non-hydrogen) atoms. The van der Waals surface area contributed by atoms with E-state index in [1.807, 2.05) is 49.4 Å². The zero-order chi connectivity index (χ0) is 21.5. The molecule has 2 aromatic carbocycles. The smallest absolute Gasteiger partial charge is 0.338 e. The molecule has 3 aromatic rings. The number of nitrogens with one attached hydrogen (secondary N) is 1. The largest absolute Gasteiger partial charge is 0.465 e. The van der Waals surface area contributed by atoms with Crippen LogP contribution in [0.2, 0.25) is 0 Å². The molecule has 0 spiro atoms. The highest BCUT2D eigenvalue weighted by atomic mass is 16.5. The van der Waals surface area contributed by atoms with Crippen LogP contribution in [-0.4, -0.2) is 23.0 Å². The van der Waals surface area contributed by atoms with Gasteiger partial charge in [-0.1, -0.05) is 62.7 Å². The molecule has 1 N–H and O–H groups in total.